The van der Waals surface area contributed by atoms with Crippen molar-refractivity contribution >= 4 is 29.8 Å². The Hall–Kier alpha value is -3.93. The van der Waals surface area contributed by atoms with Crippen LogP contribution in [-0.2, 0) is 77.9 Å². The molecule has 0 amide bonds. The summed E-state index contributed by atoms with van der Waals surface area (Å²) in [7, 11) is 0. The molecule has 2 heterocycles. The zero-order valence-corrected chi connectivity index (χ0v) is 29.8. The highest BCUT2D eigenvalue weighted by Gasteiger charge is 2.56. The van der Waals surface area contributed by atoms with E-state index in [0.717, 1.165) is 33.3 Å². The SMILES string of the molecule is C=CCO[C@@H]1[C@@H](OC(=O)C(C)(C)C)[C@H](O)O[C@H](COCc2ccccc2)[C@@H]1O[C@@H]1O[C@H](COC(C)=O)[C@H](OC(C)=O)[C@H](OC(C)=O)[C@H]1OC(C)=O. The number of hydrogen-bond donors (Lipinski definition) is 1. The molecule has 10 atom stereocenters. The molecule has 0 spiro atoms. The van der Waals surface area contributed by atoms with Crippen molar-refractivity contribution in [2.24, 2.45) is 5.41 Å². The molecule has 0 radical (unpaired) electrons. The number of ether oxygens (including phenoxy) is 10. The molecule has 1 N–H and O–H groups in total. The van der Waals surface area contributed by atoms with Gasteiger partial charge in [0.1, 0.15) is 31.0 Å². The van der Waals surface area contributed by atoms with Gasteiger partial charge in [-0.05, 0) is 26.3 Å². The first-order valence-electron chi connectivity index (χ1n) is 16.4. The van der Waals surface area contributed by atoms with Gasteiger partial charge in [0.2, 0.25) is 0 Å². The molecule has 0 saturated carbocycles. The fourth-order valence-electron chi connectivity index (χ4n) is 5.31. The molecule has 284 valence electrons. The van der Waals surface area contributed by atoms with Crippen LogP contribution in [0, 0.1) is 5.41 Å². The van der Waals surface area contributed by atoms with Crippen LogP contribution in [0.15, 0.2) is 43.0 Å². The summed E-state index contributed by atoms with van der Waals surface area (Å²) in [5.41, 5.74) is -0.156. The van der Waals surface area contributed by atoms with Crippen LogP contribution in [0.5, 0.6) is 0 Å². The van der Waals surface area contributed by atoms with Gasteiger partial charge in [0, 0.05) is 27.7 Å². The van der Waals surface area contributed by atoms with E-state index in [1.54, 1.807) is 20.8 Å². The Labute approximate surface area is 296 Å². The molecule has 0 aromatic heterocycles. The summed E-state index contributed by atoms with van der Waals surface area (Å²) in [6.45, 7) is 12.3. The lowest BCUT2D eigenvalue weighted by Crippen LogP contribution is -2.67. The number of aliphatic hydroxyl groups is 1. The average Bonchev–Trinajstić information content (AvgIpc) is 3.03. The zero-order chi connectivity index (χ0) is 37.9. The molecule has 2 aliphatic rings. The summed E-state index contributed by atoms with van der Waals surface area (Å²) < 4.78 is 58.0. The molecule has 1 aromatic carbocycles. The van der Waals surface area contributed by atoms with E-state index in [-0.39, 0.29) is 19.8 Å². The quantitative estimate of drug-likeness (QED) is 0.156. The number of carbonyl (C=O) groups is 5. The number of carbonyl (C=O) groups excluding carboxylic acids is 5. The molecule has 1 aromatic rings. The standard InChI is InChI=1S/C35H48O16/c1-9-15-43-28-26(24(17-42-16-23-13-11-10-12-14-23)48-32(40)30(28)51-34(41)35(6,7)8)50-33-31(47-22(5)39)29(46-21(4)38)27(45-20(3)37)25(49-33)18-44-19(2)36/h9-14,24-33,40H,1,15-18H2,2-8H3/t24-,25-,26+,27+,28+,29+,30-,31-,32-,33+/m1/s1. The Balaban J connectivity index is 2.10. The third kappa shape index (κ3) is 12.4. The van der Waals surface area contributed by atoms with Crippen LogP contribution in [-0.4, -0.2) is 116 Å². The second kappa shape index (κ2) is 19.1. The first-order chi connectivity index (χ1) is 24.0. The minimum Gasteiger partial charge on any atom is -0.463 e. The van der Waals surface area contributed by atoms with Gasteiger partial charge in [-0.25, -0.2) is 0 Å². The van der Waals surface area contributed by atoms with E-state index >= 15 is 0 Å². The van der Waals surface area contributed by atoms with Crippen LogP contribution in [0.4, 0.5) is 0 Å². The van der Waals surface area contributed by atoms with Crippen molar-refractivity contribution in [1.82, 2.24) is 0 Å². The van der Waals surface area contributed by atoms with Gasteiger partial charge >= 0.3 is 29.8 Å². The van der Waals surface area contributed by atoms with Crippen LogP contribution in [0.1, 0.15) is 54.0 Å². The van der Waals surface area contributed by atoms with Crippen molar-refractivity contribution in [3.05, 3.63) is 48.6 Å². The van der Waals surface area contributed by atoms with E-state index in [1.165, 1.54) is 6.08 Å². The van der Waals surface area contributed by atoms with Gasteiger partial charge in [0.15, 0.2) is 37.0 Å². The molecular formula is C35H48O16. The summed E-state index contributed by atoms with van der Waals surface area (Å²) in [6, 6.07) is 9.22. The zero-order valence-electron chi connectivity index (χ0n) is 29.8. The number of hydrogen-bond acceptors (Lipinski definition) is 16. The van der Waals surface area contributed by atoms with Gasteiger partial charge in [0.05, 0.1) is 25.2 Å². The summed E-state index contributed by atoms with van der Waals surface area (Å²) in [5, 5.41) is 11.2. The van der Waals surface area contributed by atoms with E-state index in [9.17, 15) is 29.1 Å². The maximum atomic E-state index is 13.1. The van der Waals surface area contributed by atoms with Crippen molar-refractivity contribution in [3.63, 3.8) is 0 Å². The van der Waals surface area contributed by atoms with Crippen LogP contribution in [0.2, 0.25) is 0 Å². The maximum Gasteiger partial charge on any atom is 0.311 e. The molecule has 51 heavy (non-hydrogen) atoms. The molecule has 2 fully saturated rings. The Morgan fingerprint density at radius 3 is 1.90 bits per heavy atom. The highest BCUT2D eigenvalue weighted by Crippen LogP contribution is 2.35. The van der Waals surface area contributed by atoms with Gasteiger partial charge in [-0.15, -0.1) is 6.58 Å². The lowest BCUT2D eigenvalue weighted by molar-refractivity contribution is -0.360. The van der Waals surface area contributed by atoms with Gasteiger partial charge in [-0.3, -0.25) is 24.0 Å². The predicted octanol–water partition coefficient (Wildman–Crippen LogP) is 1.92. The minimum atomic E-state index is -1.72. The van der Waals surface area contributed by atoms with Crippen LogP contribution in [0.3, 0.4) is 0 Å². The normalized spacial score (nSPS) is 29.3. The molecule has 0 bridgehead atoms. The molecular weight excluding hydrogens is 676 g/mol. The lowest BCUT2D eigenvalue weighted by atomic mass is 9.94. The molecule has 16 heteroatoms. The third-order valence-electron chi connectivity index (χ3n) is 7.50. The summed E-state index contributed by atoms with van der Waals surface area (Å²) in [5.74, 6) is -3.87. The van der Waals surface area contributed by atoms with Gasteiger partial charge < -0.3 is 52.5 Å². The van der Waals surface area contributed by atoms with Gasteiger partial charge in [-0.1, -0.05) is 36.4 Å². The predicted molar refractivity (Wildman–Crippen MR) is 173 cm³/mol. The number of benzene rings is 1. The Morgan fingerprint density at radius 2 is 1.33 bits per heavy atom. The van der Waals surface area contributed by atoms with E-state index < -0.39 is 103 Å². The first-order valence-corrected chi connectivity index (χ1v) is 16.4. The van der Waals surface area contributed by atoms with Crippen molar-refractivity contribution in [1.29, 1.82) is 0 Å². The molecule has 16 nitrogen and oxygen atoms in total. The molecule has 2 saturated heterocycles. The van der Waals surface area contributed by atoms with E-state index in [1.807, 2.05) is 30.3 Å². The van der Waals surface area contributed by atoms with Crippen LogP contribution in [0.25, 0.3) is 0 Å². The monoisotopic (exact) mass is 724 g/mol. The Morgan fingerprint density at radius 1 is 0.745 bits per heavy atom. The van der Waals surface area contributed by atoms with Crippen molar-refractivity contribution in [2.75, 3.05) is 19.8 Å². The molecule has 3 rings (SSSR count). The van der Waals surface area contributed by atoms with Gasteiger partial charge in [0.25, 0.3) is 0 Å². The van der Waals surface area contributed by atoms with E-state index in [4.69, 9.17) is 47.4 Å². The summed E-state index contributed by atoms with van der Waals surface area (Å²) >= 11 is 0. The van der Waals surface area contributed by atoms with Crippen molar-refractivity contribution < 1.29 is 76.4 Å². The highest BCUT2D eigenvalue weighted by molar-refractivity contribution is 5.75. The minimum absolute atomic E-state index is 0.100. The molecule has 0 unspecified atom stereocenters. The second-order valence-corrected chi connectivity index (χ2v) is 12.9. The van der Waals surface area contributed by atoms with Crippen LogP contribution >= 0.6 is 0 Å². The highest BCUT2D eigenvalue weighted by atomic mass is 16.8. The lowest BCUT2D eigenvalue weighted by Gasteiger charge is -2.48. The Bertz CT molecular complexity index is 1340. The van der Waals surface area contributed by atoms with Gasteiger partial charge in [-0.2, -0.15) is 0 Å². The van der Waals surface area contributed by atoms with Crippen LogP contribution < -0.4 is 0 Å². The number of rotatable bonds is 15. The second-order valence-electron chi connectivity index (χ2n) is 12.9. The smallest absolute Gasteiger partial charge is 0.311 e. The maximum absolute atomic E-state index is 13.1. The fraction of sp³-hybridized carbons (Fsp3) is 0.629. The summed E-state index contributed by atoms with van der Waals surface area (Å²) in [6.07, 6.45) is -13.0. The molecule has 0 aliphatic carbocycles. The first kappa shape index (κ1) is 41.5. The van der Waals surface area contributed by atoms with Crippen molar-refractivity contribution in [2.45, 2.75) is 116 Å². The fourth-order valence-corrected chi connectivity index (χ4v) is 5.31. The number of esters is 5. The van der Waals surface area contributed by atoms with E-state index in [0.29, 0.717) is 0 Å². The molecule has 2 aliphatic heterocycles. The summed E-state index contributed by atoms with van der Waals surface area (Å²) in [4.78, 5) is 61.9. The van der Waals surface area contributed by atoms with E-state index in [2.05, 4.69) is 6.58 Å². The largest absolute Gasteiger partial charge is 0.463 e. The van der Waals surface area contributed by atoms with Crippen molar-refractivity contribution in [3.8, 4) is 0 Å². The number of aliphatic hydroxyl groups excluding tert-OH is 1. The Kier molecular flexibility index (Phi) is 15.5. The average molecular weight is 725 g/mol. The third-order valence-corrected chi connectivity index (χ3v) is 7.50. The topological polar surface area (TPSA) is 198 Å².